The number of fused-ring (bicyclic) bond motifs is 2. The molecule has 0 bridgehead atoms. The largest absolute Gasteiger partial charge is 0.342 e. The Balaban J connectivity index is 1.30. The van der Waals surface area contributed by atoms with E-state index in [1.807, 2.05) is 24.3 Å². The van der Waals surface area contributed by atoms with Crippen LogP contribution in [0.3, 0.4) is 0 Å². The first-order valence-corrected chi connectivity index (χ1v) is 9.79. The van der Waals surface area contributed by atoms with E-state index in [0.717, 1.165) is 34.6 Å². The number of nitrogens with zero attached hydrogens (tertiary/aromatic N) is 3. The van der Waals surface area contributed by atoms with E-state index in [-0.39, 0.29) is 18.4 Å². The summed E-state index contributed by atoms with van der Waals surface area (Å²) < 4.78 is 0. The highest BCUT2D eigenvalue weighted by Crippen LogP contribution is 2.28. The van der Waals surface area contributed by atoms with Gasteiger partial charge in [0.25, 0.3) is 11.8 Å². The Bertz CT molecular complexity index is 1070. The van der Waals surface area contributed by atoms with Gasteiger partial charge in [0.05, 0.1) is 22.2 Å². The summed E-state index contributed by atoms with van der Waals surface area (Å²) in [6.45, 7) is 0.930. The smallest absolute Gasteiger partial charge is 0.262 e. The Kier molecular flexibility index (Phi) is 4.16. The number of likely N-dealkylation sites (tertiary alicyclic amines) is 1. The molecule has 3 amide bonds. The van der Waals surface area contributed by atoms with Gasteiger partial charge in [0.2, 0.25) is 5.91 Å². The van der Waals surface area contributed by atoms with E-state index in [1.165, 1.54) is 0 Å². The quantitative estimate of drug-likeness (QED) is 0.699. The lowest BCUT2D eigenvalue weighted by atomic mass is 9.97. The summed E-state index contributed by atoms with van der Waals surface area (Å²) >= 11 is 0. The molecule has 3 aromatic rings. The number of imide groups is 1. The Hall–Kier alpha value is -3.48. The van der Waals surface area contributed by atoms with Crippen LogP contribution in [0.2, 0.25) is 0 Å². The van der Waals surface area contributed by atoms with E-state index in [1.54, 1.807) is 29.2 Å². The average Bonchev–Trinajstić information content (AvgIpc) is 3.29. The van der Waals surface area contributed by atoms with E-state index < -0.39 is 11.8 Å². The highest BCUT2D eigenvalue weighted by Gasteiger charge is 2.37. The number of aromatic amines is 1. The number of benzene rings is 2. The number of para-hydroxylation sites is 2. The molecule has 5 rings (SSSR count). The van der Waals surface area contributed by atoms with Crippen LogP contribution >= 0.6 is 0 Å². The van der Waals surface area contributed by atoms with Crippen LogP contribution in [0, 0.1) is 0 Å². The Labute approximate surface area is 167 Å². The predicted molar refractivity (Wildman–Crippen MR) is 106 cm³/mol. The second-order valence-corrected chi connectivity index (χ2v) is 7.56. The van der Waals surface area contributed by atoms with E-state index in [0.29, 0.717) is 24.2 Å². The number of carbonyl (C=O) groups excluding carboxylic acids is 3. The molecular formula is C22H20N4O3. The van der Waals surface area contributed by atoms with Gasteiger partial charge in [-0.25, -0.2) is 4.98 Å². The third-order valence-corrected chi connectivity index (χ3v) is 5.74. The standard InChI is InChI=1S/C22H20N4O3/c27-19(13-26-21(28)15-7-1-2-8-16(15)22(26)29)25-11-5-6-14(12-25)20-23-17-9-3-4-10-18(17)24-20/h1-4,7-10,14H,5-6,11-13H2,(H,23,24). The maximum absolute atomic E-state index is 12.9. The Morgan fingerprint density at radius 2 is 1.72 bits per heavy atom. The number of carbonyl (C=O) groups is 3. The number of hydrogen-bond donors (Lipinski definition) is 1. The number of amides is 3. The second kappa shape index (κ2) is 6.84. The fourth-order valence-corrected chi connectivity index (χ4v) is 4.21. The van der Waals surface area contributed by atoms with Gasteiger partial charge in [-0.05, 0) is 37.1 Å². The molecule has 0 saturated carbocycles. The van der Waals surface area contributed by atoms with Crippen LogP contribution in [0.4, 0.5) is 0 Å². The van der Waals surface area contributed by atoms with Crippen LogP contribution in [0.1, 0.15) is 45.3 Å². The van der Waals surface area contributed by atoms with Crippen molar-refractivity contribution < 1.29 is 14.4 Å². The highest BCUT2D eigenvalue weighted by atomic mass is 16.2. The van der Waals surface area contributed by atoms with Crippen molar-refractivity contribution in [3.63, 3.8) is 0 Å². The molecular weight excluding hydrogens is 368 g/mol. The number of rotatable bonds is 3. The van der Waals surface area contributed by atoms with Crippen molar-refractivity contribution in [2.45, 2.75) is 18.8 Å². The molecule has 2 aliphatic rings. The van der Waals surface area contributed by atoms with E-state index in [9.17, 15) is 14.4 Å². The molecule has 1 saturated heterocycles. The zero-order valence-corrected chi connectivity index (χ0v) is 15.8. The summed E-state index contributed by atoms with van der Waals surface area (Å²) in [7, 11) is 0. The number of H-pyrrole nitrogens is 1. The highest BCUT2D eigenvalue weighted by molar-refractivity contribution is 6.22. The molecule has 2 aliphatic heterocycles. The Morgan fingerprint density at radius 3 is 2.45 bits per heavy atom. The Morgan fingerprint density at radius 1 is 1.03 bits per heavy atom. The normalized spacial score (nSPS) is 19.1. The first kappa shape index (κ1) is 17.6. The monoisotopic (exact) mass is 388 g/mol. The number of aromatic nitrogens is 2. The van der Waals surface area contributed by atoms with Gasteiger partial charge < -0.3 is 9.88 Å². The third kappa shape index (κ3) is 2.99. The van der Waals surface area contributed by atoms with Gasteiger partial charge in [0.15, 0.2) is 0 Å². The van der Waals surface area contributed by atoms with Crippen LogP contribution < -0.4 is 0 Å². The molecule has 2 aromatic carbocycles. The van der Waals surface area contributed by atoms with Crippen molar-refractivity contribution in [3.05, 3.63) is 65.5 Å². The van der Waals surface area contributed by atoms with Crippen LogP contribution in [0.5, 0.6) is 0 Å². The number of hydrogen-bond acceptors (Lipinski definition) is 4. The molecule has 0 spiro atoms. The lowest BCUT2D eigenvalue weighted by molar-refractivity contribution is -0.132. The minimum atomic E-state index is -0.398. The summed E-state index contributed by atoms with van der Waals surface area (Å²) in [6.07, 6.45) is 1.80. The second-order valence-electron chi connectivity index (χ2n) is 7.56. The van der Waals surface area contributed by atoms with Crippen LogP contribution in [0.15, 0.2) is 48.5 Å². The SMILES string of the molecule is O=C(CN1C(=O)c2ccccc2C1=O)N1CCCC(c2nc3ccccc3[nH]2)C1. The topological polar surface area (TPSA) is 86.4 Å². The zero-order chi connectivity index (χ0) is 20.0. The summed E-state index contributed by atoms with van der Waals surface area (Å²) in [4.78, 5) is 48.8. The molecule has 0 aliphatic carbocycles. The van der Waals surface area contributed by atoms with Gasteiger partial charge in [-0.3, -0.25) is 19.3 Å². The first-order chi connectivity index (χ1) is 14.1. The fraction of sp³-hybridized carbons (Fsp3) is 0.273. The van der Waals surface area contributed by atoms with Crippen LogP contribution in [-0.4, -0.2) is 57.1 Å². The van der Waals surface area contributed by atoms with Crippen molar-refractivity contribution in [1.29, 1.82) is 0 Å². The number of imidazole rings is 1. The van der Waals surface area contributed by atoms with Gasteiger partial charge in [-0.2, -0.15) is 0 Å². The van der Waals surface area contributed by atoms with Gasteiger partial charge in [-0.1, -0.05) is 24.3 Å². The number of nitrogens with one attached hydrogen (secondary N) is 1. The zero-order valence-electron chi connectivity index (χ0n) is 15.8. The lowest BCUT2D eigenvalue weighted by Crippen LogP contribution is -2.46. The minimum absolute atomic E-state index is 0.113. The van der Waals surface area contributed by atoms with Gasteiger partial charge in [-0.15, -0.1) is 0 Å². The minimum Gasteiger partial charge on any atom is -0.342 e. The average molecular weight is 388 g/mol. The van der Waals surface area contributed by atoms with Crippen LogP contribution in [-0.2, 0) is 4.79 Å². The van der Waals surface area contributed by atoms with E-state index in [4.69, 9.17) is 0 Å². The summed E-state index contributed by atoms with van der Waals surface area (Å²) in [5.74, 6) is -0.0124. The molecule has 7 nitrogen and oxygen atoms in total. The summed E-state index contributed by atoms with van der Waals surface area (Å²) in [6, 6.07) is 14.5. The van der Waals surface area contributed by atoms with Gasteiger partial charge >= 0.3 is 0 Å². The van der Waals surface area contributed by atoms with E-state index >= 15 is 0 Å². The predicted octanol–water partition coefficient (Wildman–Crippen LogP) is 2.57. The molecule has 1 unspecified atom stereocenters. The maximum Gasteiger partial charge on any atom is 0.262 e. The summed E-state index contributed by atoms with van der Waals surface area (Å²) in [5.41, 5.74) is 2.63. The molecule has 146 valence electrons. The molecule has 3 heterocycles. The van der Waals surface area contributed by atoms with Gasteiger partial charge in [0.1, 0.15) is 12.4 Å². The fourth-order valence-electron chi connectivity index (χ4n) is 4.21. The molecule has 1 atom stereocenters. The van der Waals surface area contributed by atoms with E-state index in [2.05, 4.69) is 9.97 Å². The summed E-state index contributed by atoms with van der Waals surface area (Å²) in [5, 5.41) is 0. The molecule has 7 heteroatoms. The molecule has 1 aromatic heterocycles. The van der Waals surface area contributed by atoms with Crippen molar-refractivity contribution >= 4 is 28.8 Å². The maximum atomic E-state index is 12.9. The van der Waals surface area contributed by atoms with Crippen molar-refractivity contribution in [2.24, 2.45) is 0 Å². The number of piperidine rings is 1. The molecule has 29 heavy (non-hydrogen) atoms. The first-order valence-electron chi connectivity index (χ1n) is 9.79. The lowest BCUT2D eigenvalue weighted by Gasteiger charge is -2.32. The van der Waals surface area contributed by atoms with Crippen molar-refractivity contribution in [3.8, 4) is 0 Å². The van der Waals surface area contributed by atoms with Crippen molar-refractivity contribution in [2.75, 3.05) is 19.6 Å². The molecule has 1 fully saturated rings. The molecule has 1 N–H and O–H groups in total. The van der Waals surface area contributed by atoms with Crippen LogP contribution in [0.25, 0.3) is 11.0 Å². The van der Waals surface area contributed by atoms with Gasteiger partial charge in [0, 0.05) is 19.0 Å². The molecule has 0 radical (unpaired) electrons. The van der Waals surface area contributed by atoms with Crippen molar-refractivity contribution in [1.82, 2.24) is 19.8 Å². The third-order valence-electron chi connectivity index (χ3n) is 5.74.